The lowest BCUT2D eigenvalue weighted by molar-refractivity contribution is 1.09. The van der Waals surface area contributed by atoms with E-state index in [-0.39, 0.29) is 5.28 Å². The van der Waals surface area contributed by atoms with Crippen LogP contribution in [0.3, 0.4) is 0 Å². The molecule has 1 aromatic heterocycles. The van der Waals surface area contributed by atoms with Crippen LogP contribution in [0.15, 0.2) is 54.7 Å². The topological polar surface area (TPSA) is 37.8 Å². The van der Waals surface area contributed by atoms with E-state index in [4.69, 9.17) is 11.6 Å². The molecule has 1 heterocycles. The minimum atomic E-state index is 0.253. The van der Waals surface area contributed by atoms with Crippen LogP contribution < -0.4 is 5.32 Å². The maximum absolute atomic E-state index is 5.76. The molecule has 3 nitrogen and oxygen atoms in total. The maximum atomic E-state index is 5.76. The van der Waals surface area contributed by atoms with Gasteiger partial charge in [-0.05, 0) is 34.0 Å². The predicted molar refractivity (Wildman–Crippen MR) is 78.3 cm³/mol. The number of anilines is 1. The van der Waals surface area contributed by atoms with Gasteiger partial charge in [-0.3, -0.25) is 0 Å². The van der Waals surface area contributed by atoms with E-state index in [2.05, 4.69) is 45.6 Å². The van der Waals surface area contributed by atoms with Gasteiger partial charge in [0.1, 0.15) is 5.82 Å². The van der Waals surface area contributed by atoms with Crippen LogP contribution in [0.25, 0.3) is 10.8 Å². The number of nitrogens with zero attached hydrogens (tertiary/aromatic N) is 2. The summed E-state index contributed by atoms with van der Waals surface area (Å²) in [6.45, 7) is 0.703. The molecule has 0 aliphatic carbocycles. The number of aromatic nitrogens is 2. The van der Waals surface area contributed by atoms with Crippen molar-refractivity contribution in [3.63, 3.8) is 0 Å². The smallest absolute Gasteiger partial charge is 0.224 e. The molecule has 3 rings (SSSR count). The zero-order valence-corrected chi connectivity index (χ0v) is 10.9. The van der Waals surface area contributed by atoms with Gasteiger partial charge in [0, 0.05) is 12.7 Å². The van der Waals surface area contributed by atoms with Gasteiger partial charge in [-0.15, -0.1) is 0 Å². The van der Waals surface area contributed by atoms with E-state index in [1.165, 1.54) is 16.3 Å². The molecular formula is C15H12ClN3. The average molecular weight is 270 g/mol. The summed E-state index contributed by atoms with van der Waals surface area (Å²) in [7, 11) is 0. The summed E-state index contributed by atoms with van der Waals surface area (Å²) in [5, 5.41) is 6.00. The number of nitrogens with one attached hydrogen (secondary N) is 1. The van der Waals surface area contributed by atoms with E-state index in [9.17, 15) is 0 Å². The molecule has 0 amide bonds. The Labute approximate surface area is 116 Å². The summed E-state index contributed by atoms with van der Waals surface area (Å²) < 4.78 is 0. The second-order valence-electron chi connectivity index (χ2n) is 4.20. The van der Waals surface area contributed by atoms with Gasteiger partial charge in [0.15, 0.2) is 0 Å². The van der Waals surface area contributed by atoms with Crippen molar-refractivity contribution in [3.8, 4) is 0 Å². The van der Waals surface area contributed by atoms with Gasteiger partial charge in [0.05, 0.1) is 0 Å². The molecule has 94 valence electrons. The van der Waals surface area contributed by atoms with Gasteiger partial charge in [-0.25, -0.2) is 9.97 Å². The first-order valence-electron chi connectivity index (χ1n) is 6.02. The van der Waals surface area contributed by atoms with E-state index in [0.717, 1.165) is 5.82 Å². The monoisotopic (exact) mass is 269 g/mol. The molecule has 2 aromatic carbocycles. The van der Waals surface area contributed by atoms with Crippen molar-refractivity contribution in [1.29, 1.82) is 0 Å². The highest BCUT2D eigenvalue weighted by atomic mass is 35.5. The third-order valence-electron chi connectivity index (χ3n) is 2.97. The summed E-state index contributed by atoms with van der Waals surface area (Å²) in [6.07, 6.45) is 1.64. The normalized spacial score (nSPS) is 10.6. The Morgan fingerprint density at radius 2 is 1.84 bits per heavy atom. The minimum absolute atomic E-state index is 0.253. The first-order valence-corrected chi connectivity index (χ1v) is 6.40. The van der Waals surface area contributed by atoms with Crippen molar-refractivity contribution in [3.05, 3.63) is 65.6 Å². The first kappa shape index (κ1) is 11.9. The maximum Gasteiger partial charge on any atom is 0.224 e. The van der Waals surface area contributed by atoms with E-state index in [1.807, 2.05) is 12.1 Å². The standard InChI is InChI=1S/C15H12ClN3/c16-15-17-9-8-14(19-15)18-10-12-6-3-5-11-4-1-2-7-13(11)12/h1-9H,10H2,(H,17,18,19). The van der Waals surface area contributed by atoms with Gasteiger partial charge in [-0.2, -0.15) is 0 Å². The lowest BCUT2D eigenvalue weighted by atomic mass is 10.0. The molecule has 0 saturated heterocycles. The Morgan fingerprint density at radius 1 is 1.00 bits per heavy atom. The van der Waals surface area contributed by atoms with Gasteiger partial charge < -0.3 is 5.32 Å². The summed E-state index contributed by atoms with van der Waals surface area (Å²) in [5.74, 6) is 0.730. The van der Waals surface area contributed by atoms with Crippen LogP contribution in [-0.2, 0) is 6.54 Å². The fourth-order valence-corrected chi connectivity index (χ4v) is 2.21. The van der Waals surface area contributed by atoms with Gasteiger partial charge in [0.25, 0.3) is 0 Å². The molecular weight excluding hydrogens is 258 g/mol. The predicted octanol–water partition coefficient (Wildman–Crippen LogP) is 3.90. The second-order valence-corrected chi connectivity index (χ2v) is 4.54. The lowest BCUT2D eigenvalue weighted by Crippen LogP contribution is -2.02. The fraction of sp³-hybridized carbons (Fsp3) is 0.0667. The third-order valence-corrected chi connectivity index (χ3v) is 3.15. The molecule has 0 saturated carbocycles. The van der Waals surface area contributed by atoms with Gasteiger partial charge >= 0.3 is 0 Å². The minimum Gasteiger partial charge on any atom is -0.366 e. The Bertz CT molecular complexity index is 707. The molecule has 3 aromatic rings. The fourth-order valence-electron chi connectivity index (χ4n) is 2.07. The van der Waals surface area contributed by atoms with Crippen molar-refractivity contribution >= 4 is 28.2 Å². The second kappa shape index (κ2) is 5.24. The van der Waals surface area contributed by atoms with Crippen molar-refractivity contribution < 1.29 is 0 Å². The molecule has 0 unspecified atom stereocenters. The number of benzene rings is 2. The molecule has 0 spiro atoms. The van der Waals surface area contributed by atoms with Crippen LogP contribution in [0, 0.1) is 0 Å². The quantitative estimate of drug-likeness (QED) is 0.733. The van der Waals surface area contributed by atoms with Crippen molar-refractivity contribution in [2.24, 2.45) is 0 Å². The highest BCUT2D eigenvalue weighted by Crippen LogP contribution is 2.19. The first-order chi connectivity index (χ1) is 9.33. The zero-order chi connectivity index (χ0) is 13.1. The molecule has 0 fully saturated rings. The molecule has 0 aliphatic heterocycles. The number of hydrogen-bond acceptors (Lipinski definition) is 3. The Hall–Kier alpha value is -2.13. The molecule has 0 bridgehead atoms. The molecule has 0 atom stereocenters. The van der Waals surface area contributed by atoms with Crippen LogP contribution in [0.2, 0.25) is 5.28 Å². The molecule has 0 radical (unpaired) electrons. The Morgan fingerprint density at radius 3 is 2.74 bits per heavy atom. The van der Waals surface area contributed by atoms with E-state index in [1.54, 1.807) is 12.3 Å². The van der Waals surface area contributed by atoms with Crippen LogP contribution in [-0.4, -0.2) is 9.97 Å². The zero-order valence-electron chi connectivity index (χ0n) is 10.2. The molecule has 4 heteroatoms. The third kappa shape index (κ3) is 2.66. The summed E-state index contributed by atoms with van der Waals surface area (Å²) in [6, 6.07) is 16.4. The molecule has 19 heavy (non-hydrogen) atoms. The highest BCUT2D eigenvalue weighted by Gasteiger charge is 2.01. The molecule has 1 N–H and O–H groups in total. The molecule has 0 aliphatic rings. The Kier molecular flexibility index (Phi) is 3.29. The lowest BCUT2D eigenvalue weighted by Gasteiger charge is -2.08. The van der Waals surface area contributed by atoms with Crippen LogP contribution in [0.5, 0.6) is 0 Å². The summed E-state index contributed by atoms with van der Waals surface area (Å²) in [5.41, 5.74) is 1.23. The number of hydrogen-bond donors (Lipinski definition) is 1. The van der Waals surface area contributed by atoms with E-state index >= 15 is 0 Å². The number of rotatable bonds is 3. The van der Waals surface area contributed by atoms with E-state index in [0.29, 0.717) is 6.54 Å². The van der Waals surface area contributed by atoms with Crippen LogP contribution in [0.1, 0.15) is 5.56 Å². The summed E-state index contributed by atoms with van der Waals surface area (Å²) in [4.78, 5) is 7.97. The van der Waals surface area contributed by atoms with Crippen molar-refractivity contribution in [1.82, 2.24) is 9.97 Å². The summed E-state index contributed by atoms with van der Waals surface area (Å²) >= 11 is 5.76. The largest absolute Gasteiger partial charge is 0.366 e. The SMILES string of the molecule is Clc1nccc(NCc2cccc3ccccc23)n1. The van der Waals surface area contributed by atoms with Crippen LogP contribution in [0.4, 0.5) is 5.82 Å². The van der Waals surface area contributed by atoms with Crippen molar-refractivity contribution in [2.45, 2.75) is 6.54 Å². The highest BCUT2D eigenvalue weighted by molar-refractivity contribution is 6.28. The van der Waals surface area contributed by atoms with E-state index < -0.39 is 0 Å². The van der Waals surface area contributed by atoms with Crippen LogP contribution >= 0.6 is 11.6 Å². The van der Waals surface area contributed by atoms with Gasteiger partial charge in [-0.1, -0.05) is 42.5 Å². The Balaban J connectivity index is 1.86. The number of fused-ring (bicyclic) bond motifs is 1. The van der Waals surface area contributed by atoms with Crippen molar-refractivity contribution in [2.75, 3.05) is 5.32 Å². The van der Waals surface area contributed by atoms with Gasteiger partial charge in [0.2, 0.25) is 5.28 Å². The average Bonchev–Trinajstić information content (AvgIpc) is 2.45. The number of halogens is 1.